The van der Waals surface area contributed by atoms with Crippen LogP contribution in [0.4, 0.5) is 5.82 Å². The number of aryl methyl sites for hydroxylation is 1. The molecule has 0 saturated heterocycles. The molecule has 1 N–H and O–H groups in total. The molecule has 3 aromatic heterocycles. The summed E-state index contributed by atoms with van der Waals surface area (Å²) in [6.45, 7) is 2.08. The zero-order valence-electron chi connectivity index (χ0n) is 16.0. The van der Waals surface area contributed by atoms with Crippen LogP contribution in [0.25, 0.3) is 25.4 Å². The third kappa shape index (κ3) is 3.04. The van der Waals surface area contributed by atoms with Crippen LogP contribution in [0, 0.1) is 6.92 Å². The zero-order valence-corrected chi connectivity index (χ0v) is 18.4. The van der Waals surface area contributed by atoms with Crippen LogP contribution >= 0.6 is 34.3 Å². The highest BCUT2D eigenvalue weighted by molar-refractivity contribution is 7.21. The standard InChI is InChI=1S/C21H13ClN4O3S2/c1-10-6-17(24-20(27)19-18(22)11-4-2-3-5-15(11)30-19)26(25-10)21-23-12-7-13-14(29-9-28-13)8-16(12)31-21/h2-8H,9H2,1H3,(H,24,27). The van der Waals surface area contributed by atoms with Gasteiger partial charge in [0.1, 0.15) is 10.7 Å². The lowest BCUT2D eigenvalue weighted by Crippen LogP contribution is -2.14. The number of thiophene rings is 1. The average Bonchev–Trinajstić information content (AvgIpc) is 3.51. The highest BCUT2D eigenvalue weighted by Gasteiger charge is 2.21. The van der Waals surface area contributed by atoms with Gasteiger partial charge in [-0.05, 0) is 13.0 Å². The lowest BCUT2D eigenvalue weighted by atomic mass is 10.2. The molecule has 154 valence electrons. The molecule has 1 aliphatic heterocycles. The molecule has 31 heavy (non-hydrogen) atoms. The predicted molar refractivity (Wildman–Crippen MR) is 122 cm³/mol. The molecular weight excluding hydrogens is 456 g/mol. The van der Waals surface area contributed by atoms with E-state index in [9.17, 15) is 4.79 Å². The second-order valence-corrected chi connectivity index (χ2v) is 9.39. The van der Waals surface area contributed by atoms with Crippen molar-refractivity contribution in [2.24, 2.45) is 0 Å². The molecular formula is C21H13ClN4O3S2. The van der Waals surface area contributed by atoms with E-state index in [1.807, 2.05) is 43.3 Å². The van der Waals surface area contributed by atoms with Crippen molar-refractivity contribution in [3.8, 4) is 16.6 Å². The molecule has 0 saturated carbocycles. The fraction of sp³-hybridized carbons (Fsp3) is 0.0952. The van der Waals surface area contributed by atoms with Crippen molar-refractivity contribution < 1.29 is 14.3 Å². The van der Waals surface area contributed by atoms with E-state index >= 15 is 0 Å². The molecule has 0 unspecified atom stereocenters. The van der Waals surface area contributed by atoms with E-state index in [-0.39, 0.29) is 12.7 Å². The summed E-state index contributed by atoms with van der Waals surface area (Å²) in [6.07, 6.45) is 0. The summed E-state index contributed by atoms with van der Waals surface area (Å²) in [5.74, 6) is 1.62. The van der Waals surface area contributed by atoms with Crippen LogP contribution in [0.3, 0.4) is 0 Å². The molecule has 4 heterocycles. The molecule has 0 aliphatic carbocycles. The van der Waals surface area contributed by atoms with Gasteiger partial charge in [-0.3, -0.25) is 4.79 Å². The Morgan fingerprint density at radius 2 is 1.94 bits per heavy atom. The lowest BCUT2D eigenvalue weighted by molar-refractivity contribution is 0.103. The number of nitrogens with one attached hydrogen (secondary N) is 1. The lowest BCUT2D eigenvalue weighted by Gasteiger charge is -2.05. The van der Waals surface area contributed by atoms with Crippen molar-refractivity contribution in [1.82, 2.24) is 14.8 Å². The van der Waals surface area contributed by atoms with Gasteiger partial charge in [-0.2, -0.15) is 9.78 Å². The molecule has 2 aromatic carbocycles. The van der Waals surface area contributed by atoms with Gasteiger partial charge in [0.2, 0.25) is 11.9 Å². The van der Waals surface area contributed by atoms with Crippen molar-refractivity contribution in [3.63, 3.8) is 0 Å². The van der Waals surface area contributed by atoms with Gasteiger partial charge in [-0.15, -0.1) is 11.3 Å². The number of thiazole rings is 1. The third-order valence-corrected chi connectivity index (χ3v) is 7.53. The largest absolute Gasteiger partial charge is 0.454 e. The number of amides is 1. The molecule has 0 atom stereocenters. The maximum atomic E-state index is 13.0. The van der Waals surface area contributed by atoms with Crippen LogP contribution in [-0.4, -0.2) is 27.5 Å². The number of carbonyl (C=O) groups excluding carboxylic acids is 1. The monoisotopic (exact) mass is 468 g/mol. The number of fused-ring (bicyclic) bond motifs is 3. The Morgan fingerprint density at radius 1 is 1.13 bits per heavy atom. The third-order valence-electron chi connectivity index (χ3n) is 4.87. The van der Waals surface area contributed by atoms with Crippen LogP contribution in [0.2, 0.25) is 5.02 Å². The second kappa shape index (κ2) is 6.94. The van der Waals surface area contributed by atoms with E-state index in [1.165, 1.54) is 22.7 Å². The first-order valence-corrected chi connectivity index (χ1v) is 11.3. The number of ether oxygens (including phenoxy) is 2. The number of rotatable bonds is 3. The maximum absolute atomic E-state index is 13.0. The topological polar surface area (TPSA) is 78.3 Å². The number of aromatic nitrogens is 3. The smallest absolute Gasteiger partial charge is 0.268 e. The minimum Gasteiger partial charge on any atom is -0.454 e. The predicted octanol–water partition coefficient (Wildman–Crippen LogP) is 5.64. The molecule has 0 radical (unpaired) electrons. The van der Waals surface area contributed by atoms with Crippen LogP contribution in [0.1, 0.15) is 15.4 Å². The van der Waals surface area contributed by atoms with Gasteiger partial charge < -0.3 is 14.8 Å². The molecule has 1 aliphatic rings. The van der Waals surface area contributed by atoms with E-state index in [0.29, 0.717) is 32.3 Å². The fourth-order valence-corrected chi connectivity index (χ4v) is 5.82. The maximum Gasteiger partial charge on any atom is 0.268 e. The van der Waals surface area contributed by atoms with Gasteiger partial charge >= 0.3 is 0 Å². The molecule has 10 heteroatoms. The Balaban J connectivity index is 1.37. The molecule has 0 spiro atoms. The molecule has 6 rings (SSSR count). The number of nitrogens with zero attached hydrogens (tertiary/aromatic N) is 3. The summed E-state index contributed by atoms with van der Waals surface area (Å²) in [6, 6.07) is 13.2. The van der Waals surface area contributed by atoms with Crippen LogP contribution in [0.5, 0.6) is 11.5 Å². The normalized spacial score (nSPS) is 12.7. The van der Waals surface area contributed by atoms with Gasteiger partial charge in [0, 0.05) is 28.3 Å². The quantitative estimate of drug-likeness (QED) is 0.370. The van der Waals surface area contributed by atoms with Crippen molar-refractivity contribution in [2.75, 3.05) is 12.1 Å². The van der Waals surface area contributed by atoms with Gasteiger partial charge in [0.05, 0.1) is 20.9 Å². The summed E-state index contributed by atoms with van der Waals surface area (Å²) >= 11 is 9.29. The first kappa shape index (κ1) is 18.6. The van der Waals surface area contributed by atoms with Crippen LogP contribution in [0.15, 0.2) is 42.5 Å². The highest BCUT2D eigenvalue weighted by Crippen LogP contribution is 2.39. The average molecular weight is 469 g/mol. The Bertz CT molecular complexity index is 1460. The number of anilines is 1. The first-order chi connectivity index (χ1) is 15.1. The number of halogens is 1. The van der Waals surface area contributed by atoms with E-state index in [1.54, 1.807) is 10.7 Å². The van der Waals surface area contributed by atoms with Gasteiger partial charge in [-0.25, -0.2) is 4.98 Å². The fourth-order valence-electron chi connectivity index (χ4n) is 3.46. The second-order valence-electron chi connectivity index (χ2n) is 6.95. The molecule has 0 fully saturated rings. The summed E-state index contributed by atoms with van der Waals surface area (Å²) in [7, 11) is 0. The van der Waals surface area contributed by atoms with Crippen LogP contribution < -0.4 is 14.8 Å². The van der Waals surface area contributed by atoms with E-state index in [2.05, 4.69) is 15.4 Å². The number of hydrogen-bond acceptors (Lipinski definition) is 7. The minimum absolute atomic E-state index is 0.217. The zero-order chi connectivity index (χ0) is 21.1. The Labute approximate surface area is 188 Å². The number of carbonyl (C=O) groups is 1. The van der Waals surface area contributed by atoms with E-state index in [4.69, 9.17) is 21.1 Å². The highest BCUT2D eigenvalue weighted by atomic mass is 35.5. The summed E-state index contributed by atoms with van der Waals surface area (Å²) in [5, 5.41) is 9.42. The van der Waals surface area contributed by atoms with Crippen molar-refractivity contribution >= 4 is 66.3 Å². The van der Waals surface area contributed by atoms with Gasteiger partial charge in [0.25, 0.3) is 5.91 Å². The Kier molecular flexibility index (Phi) is 4.17. The van der Waals surface area contributed by atoms with Crippen molar-refractivity contribution in [2.45, 2.75) is 6.92 Å². The number of benzene rings is 2. The van der Waals surface area contributed by atoms with Gasteiger partial charge in [0.15, 0.2) is 11.5 Å². The molecule has 7 nitrogen and oxygen atoms in total. The SMILES string of the molecule is Cc1cc(NC(=O)c2sc3ccccc3c2Cl)n(-c2nc3cc4c(cc3s2)OCO4)n1. The summed E-state index contributed by atoms with van der Waals surface area (Å²) < 4.78 is 14.4. The van der Waals surface area contributed by atoms with Crippen molar-refractivity contribution in [3.05, 3.63) is 58.1 Å². The van der Waals surface area contributed by atoms with Gasteiger partial charge in [-0.1, -0.05) is 41.1 Å². The minimum atomic E-state index is -0.283. The van der Waals surface area contributed by atoms with E-state index < -0.39 is 0 Å². The molecule has 0 bridgehead atoms. The summed E-state index contributed by atoms with van der Waals surface area (Å²) in [5.41, 5.74) is 1.54. The Morgan fingerprint density at radius 3 is 2.77 bits per heavy atom. The summed E-state index contributed by atoms with van der Waals surface area (Å²) in [4.78, 5) is 18.2. The molecule has 1 amide bonds. The van der Waals surface area contributed by atoms with E-state index in [0.717, 1.165) is 26.0 Å². The van der Waals surface area contributed by atoms with Crippen LogP contribution in [-0.2, 0) is 0 Å². The molecule has 5 aromatic rings. The number of hydrogen-bond donors (Lipinski definition) is 1. The Hall–Kier alpha value is -3.14. The van der Waals surface area contributed by atoms with Crippen molar-refractivity contribution in [1.29, 1.82) is 0 Å². The first-order valence-electron chi connectivity index (χ1n) is 9.32.